The number of benzene rings is 2. The predicted molar refractivity (Wildman–Crippen MR) is 84.9 cm³/mol. The highest BCUT2D eigenvalue weighted by molar-refractivity contribution is 5.94. The Morgan fingerprint density at radius 2 is 1.95 bits per heavy atom. The van der Waals surface area contributed by atoms with Crippen molar-refractivity contribution in [3.05, 3.63) is 65.2 Å². The maximum absolute atomic E-state index is 12.8. The number of hydrogen-bond acceptors (Lipinski definition) is 2. The van der Waals surface area contributed by atoms with Gasteiger partial charge in [0.25, 0.3) is 5.91 Å². The molecule has 0 radical (unpaired) electrons. The first kappa shape index (κ1) is 13.7. The molecule has 0 heterocycles. The van der Waals surface area contributed by atoms with E-state index in [9.17, 15) is 4.79 Å². The highest BCUT2D eigenvalue weighted by atomic mass is 16.2. The maximum Gasteiger partial charge on any atom is 0.254 e. The normalized spacial score (nSPS) is 14.0. The summed E-state index contributed by atoms with van der Waals surface area (Å²) in [5.41, 5.74) is 9.54. The minimum absolute atomic E-state index is 0.114. The molecular formula is C18H20N2O. The van der Waals surface area contributed by atoms with Crippen molar-refractivity contribution < 1.29 is 4.79 Å². The second kappa shape index (κ2) is 5.60. The highest BCUT2D eigenvalue weighted by Crippen LogP contribution is 2.30. The van der Waals surface area contributed by atoms with Crippen LogP contribution in [-0.2, 0) is 6.54 Å². The van der Waals surface area contributed by atoms with Gasteiger partial charge in [0.2, 0.25) is 0 Å². The Bertz CT molecular complexity index is 662. The van der Waals surface area contributed by atoms with Gasteiger partial charge in [-0.05, 0) is 49.6 Å². The van der Waals surface area contributed by atoms with Crippen molar-refractivity contribution in [2.75, 3.05) is 5.73 Å². The molecule has 0 unspecified atom stereocenters. The SMILES string of the molecule is Cc1cccc(C(=O)N(Cc2cccc(N)c2)C2CC2)c1. The summed E-state index contributed by atoms with van der Waals surface area (Å²) < 4.78 is 0. The van der Waals surface area contributed by atoms with Crippen LogP contribution in [0.15, 0.2) is 48.5 Å². The molecule has 0 spiro atoms. The van der Waals surface area contributed by atoms with E-state index in [0.717, 1.165) is 35.2 Å². The molecule has 3 heteroatoms. The van der Waals surface area contributed by atoms with Gasteiger partial charge in [-0.2, -0.15) is 0 Å². The Labute approximate surface area is 125 Å². The number of nitrogens with two attached hydrogens (primary N) is 1. The quantitative estimate of drug-likeness (QED) is 0.873. The van der Waals surface area contributed by atoms with Crippen LogP contribution in [0.1, 0.15) is 34.3 Å². The molecule has 21 heavy (non-hydrogen) atoms. The van der Waals surface area contributed by atoms with E-state index < -0.39 is 0 Å². The van der Waals surface area contributed by atoms with E-state index in [1.54, 1.807) is 0 Å². The summed E-state index contributed by atoms with van der Waals surface area (Å²) in [6.45, 7) is 2.64. The lowest BCUT2D eigenvalue weighted by Gasteiger charge is -2.23. The predicted octanol–water partition coefficient (Wildman–Crippen LogP) is 3.38. The number of aryl methyl sites for hydroxylation is 1. The van der Waals surface area contributed by atoms with E-state index in [-0.39, 0.29) is 5.91 Å². The van der Waals surface area contributed by atoms with E-state index in [2.05, 4.69) is 0 Å². The fourth-order valence-corrected chi connectivity index (χ4v) is 2.59. The van der Waals surface area contributed by atoms with Gasteiger partial charge in [0.05, 0.1) is 0 Å². The number of carbonyl (C=O) groups is 1. The Balaban J connectivity index is 1.83. The van der Waals surface area contributed by atoms with Crippen molar-refractivity contribution in [3.8, 4) is 0 Å². The third-order valence-electron chi connectivity index (χ3n) is 3.82. The molecule has 2 aromatic carbocycles. The molecule has 0 bridgehead atoms. The lowest BCUT2D eigenvalue weighted by atomic mass is 10.1. The molecule has 1 aliphatic rings. The van der Waals surface area contributed by atoms with E-state index in [4.69, 9.17) is 5.73 Å². The van der Waals surface area contributed by atoms with E-state index in [1.165, 1.54) is 0 Å². The monoisotopic (exact) mass is 280 g/mol. The third-order valence-corrected chi connectivity index (χ3v) is 3.82. The van der Waals surface area contributed by atoms with Crippen LogP contribution in [0.4, 0.5) is 5.69 Å². The molecule has 3 rings (SSSR count). The molecule has 2 aromatic rings. The second-order valence-electron chi connectivity index (χ2n) is 5.78. The fraction of sp³-hybridized carbons (Fsp3) is 0.278. The summed E-state index contributed by atoms with van der Waals surface area (Å²) in [7, 11) is 0. The van der Waals surface area contributed by atoms with Crippen molar-refractivity contribution in [1.82, 2.24) is 4.90 Å². The number of nitrogens with zero attached hydrogens (tertiary/aromatic N) is 1. The van der Waals surface area contributed by atoms with E-state index in [1.807, 2.05) is 60.4 Å². The van der Waals surface area contributed by atoms with Crippen molar-refractivity contribution in [2.45, 2.75) is 32.4 Å². The molecule has 108 valence electrons. The Hall–Kier alpha value is -2.29. The van der Waals surface area contributed by atoms with Crippen LogP contribution in [0.2, 0.25) is 0 Å². The van der Waals surface area contributed by atoms with Crippen LogP contribution in [0.5, 0.6) is 0 Å². The smallest absolute Gasteiger partial charge is 0.254 e. The molecule has 2 N–H and O–H groups in total. The summed E-state index contributed by atoms with van der Waals surface area (Å²) in [6.07, 6.45) is 2.19. The largest absolute Gasteiger partial charge is 0.399 e. The fourth-order valence-electron chi connectivity index (χ4n) is 2.59. The molecule has 1 fully saturated rings. The van der Waals surface area contributed by atoms with Crippen LogP contribution >= 0.6 is 0 Å². The third kappa shape index (κ3) is 3.24. The van der Waals surface area contributed by atoms with Crippen molar-refractivity contribution >= 4 is 11.6 Å². The summed E-state index contributed by atoms with van der Waals surface area (Å²) >= 11 is 0. The zero-order chi connectivity index (χ0) is 14.8. The summed E-state index contributed by atoms with van der Waals surface area (Å²) in [5, 5.41) is 0. The Morgan fingerprint density at radius 3 is 2.62 bits per heavy atom. The van der Waals surface area contributed by atoms with Gasteiger partial charge < -0.3 is 10.6 Å². The first-order valence-electron chi connectivity index (χ1n) is 7.35. The molecule has 3 nitrogen and oxygen atoms in total. The Kier molecular flexibility index (Phi) is 3.65. The number of carbonyl (C=O) groups excluding carboxylic acids is 1. The van der Waals surface area contributed by atoms with Gasteiger partial charge >= 0.3 is 0 Å². The molecule has 1 saturated carbocycles. The number of hydrogen-bond donors (Lipinski definition) is 1. The van der Waals surface area contributed by atoms with Crippen molar-refractivity contribution in [1.29, 1.82) is 0 Å². The van der Waals surface area contributed by atoms with Crippen LogP contribution in [-0.4, -0.2) is 16.8 Å². The summed E-state index contributed by atoms with van der Waals surface area (Å²) in [5.74, 6) is 0.114. The minimum Gasteiger partial charge on any atom is -0.399 e. The van der Waals surface area contributed by atoms with Gasteiger partial charge in [-0.3, -0.25) is 4.79 Å². The van der Waals surface area contributed by atoms with Crippen LogP contribution in [0.25, 0.3) is 0 Å². The zero-order valence-electron chi connectivity index (χ0n) is 12.3. The van der Waals surface area contributed by atoms with Crippen LogP contribution in [0, 0.1) is 6.92 Å². The average molecular weight is 280 g/mol. The lowest BCUT2D eigenvalue weighted by molar-refractivity contribution is 0.0730. The number of rotatable bonds is 4. The average Bonchev–Trinajstić information content (AvgIpc) is 3.29. The van der Waals surface area contributed by atoms with Crippen LogP contribution < -0.4 is 5.73 Å². The summed E-state index contributed by atoms with van der Waals surface area (Å²) in [4.78, 5) is 14.7. The second-order valence-corrected chi connectivity index (χ2v) is 5.78. The minimum atomic E-state index is 0.114. The van der Waals surface area contributed by atoms with Crippen molar-refractivity contribution in [2.24, 2.45) is 0 Å². The highest BCUT2D eigenvalue weighted by Gasteiger charge is 2.33. The molecule has 0 atom stereocenters. The van der Waals surface area contributed by atoms with Gasteiger partial charge in [0.15, 0.2) is 0 Å². The van der Waals surface area contributed by atoms with Gasteiger partial charge in [-0.25, -0.2) is 0 Å². The topological polar surface area (TPSA) is 46.3 Å². The zero-order valence-corrected chi connectivity index (χ0v) is 12.3. The number of anilines is 1. The summed E-state index contributed by atoms with van der Waals surface area (Å²) in [6, 6.07) is 15.9. The molecule has 0 saturated heterocycles. The van der Waals surface area contributed by atoms with E-state index in [0.29, 0.717) is 12.6 Å². The van der Waals surface area contributed by atoms with Crippen molar-refractivity contribution in [3.63, 3.8) is 0 Å². The standard InChI is InChI=1S/C18H20N2O/c1-13-4-2-6-15(10-13)18(21)20(17-8-9-17)12-14-5-3-7-16(19)11-14/h2-7,10-11,17H,8-9,12,19H2,1H3. The van der Waals surface area contributed by atoms with Crippen LogP contribution in [0.3, 0.4) is 0 Å². The van der Waals surface area contributed by atoms with Gasteiger partial charge in [0.1, 0.15) is 0 Å². The van der Waals surface area contributed by atoms with E-state index >= 15 is 0 Å². The molecule has 0 aliphatic heterocycles. The molecule has 1 amide bonds. The maximum atomic E-state index is 12.8. The molecule has 1 aliphatic carbocycles. The van der Waals surface area contributed by atoms with Gasteiger partial charge in [-0.1, -0.05) is 29.8 Å². The van der Waals surface area contributed by atoms with Gasteiger partial charge in [0, 0.05) is 23.8 Å². The first-order chi connectivity index (χ1) is 10.1. The first-order valence-corrected chi connectivity index (χ1v) is 7.35. The van der Waals surface area contributed by atoms with Gasteiger partial charge in [-0.15, -0.1) is 0 Å². The lowest BCUT2D eigenvalue weighted by Crippen LogP contribution is -2.32. The molecule has 0 aromatic heterocycles. The number of nitrogen functional groups attached to an aromatic ring is 1. The molecular weight excluding hydrogens is 260 g/mol. The number of amides is 1. The Morgan fingerprint density at radius 1 is 1.19 bits per heavy atom.